The van der Waals surface area contributed by atoms with E-state index >= 15 is 0 Å². The summed E-state index contributed by atoms with van der Waals surface area (Å²) in [6, 6.07) is 24.8. The average molecular weight is 343 g/mol. The number of ether oxygens (including phenoxy) is 1. The summed E-state index contributed by atoms with van der Waals surface area (Å²) in [5.41, 5.74) is 3.14. The summed E-state index contributed by atoms with van der Waals surface area (Å²) in [6.07, 6.45) is 0. The summed E-state index contributed by atoms with van der Waals surface area (Å²) in [5.74, 6) is 0.754. The molecule has 0 saturated heterocycles. The van der Waals surface area contributed by atoms with Crippen molar-refractivity contribution < 1.29 is 9.15 Å². The van der Waals surface area contributed by atoms with E-state index in [1.807, 2.05) is 72.8 Å². The van der Waals surface area contributed by atoms with Gasteiger partial charge in [-0.2, -0.15) is 0 Å². The molecule has 0 fully saturated rings. The third-order valence-corrected chi connectivity index (χ3v) is 4.23. The van der Waals surface area contributed by atoms with Gasteiger partial charge in [-0.3, -0.25) is 0 Å². The molecular weight excluding hydrogens is 326 g/mol. The van der Waals surface area contributed by atoms with Gasteiger partial charge in [0.25, 0.3) is 0 Å². The number of methoxy groups -OCH3 is 1. The lowest BCUT2D eigenvalue weighted by Gasteiger charge is -2.14. The summed E-state index contributed by atoms with van der Waals surface area (Å²) in [7, 11) is 1.62. The number of para-hydroxylation sites is 1. The molecule has 4 heteroatoms. The summed E-state index contributed by atoms with van der Waals surface area (Å²) in [5, 5.41) is 4.10. The molecule has 4 aromatic rings. The molecule has 0 aliphatic heterocycles. The van der Waals surface area contributed by atoms with Gasteiger partial charge in [0.2, 0.25) is 0 Å². The lowest BCUT2D eigenvalue weighted by Crippen LogP contribution is -2.09. The van der Waals surface area contributed by atoms with Crippen molar-refractivity contribution >= 4 is 22.3 Å². The van der Waals surface area contributed by atoms with Crippen LogP contribution >= 0.6 is 0 Å². The molecule has 0 aliphatic rings. The Hall–Kier alpha value is -3.53. The Morgan fingerprint density at radius 2 is 1.54 bits per heavy atom. The van der Waals surface area contributed by atoms with E-state index < -0.39 is 5.63 Å². The average Bonchev–Trinajstić information content (AvgIpc) is 2.70. The quantitative estimate of drug-likeness (QED) is 0.517. The Labute approximate surface area is 150 Å². The Bertz CT molecular complexity index is 1100. The standard InChI is InChI=1S/C22H17NO3/c1-25-17-13-11-16(12-14-17)23-21-20(15-7-3-2-4-8-15)18-9-5-6-10-19(18)26-22(21)24/h2-14,23H,1H3. The van der Waals surface area contributed by atoms with Crippen LogP contribution in [0, 0.1) is 0 Å². The topological polar surface area (TPSA) is 51.5 Å². The molecule has 4 nitrogen and oxygen atoms in total. The van der Waals surface area contributed by atoms with Crippen LogP contribution < -0.4 is 15.7 Å². The van der Waals surface area contributed by atoms with Crippen molar-refractivity contribution in [3.8, 4) is 16.9 Å². The lowest BCUT2D eigenvalue weighted by molar-refractivity contribution is 0.415. The van der Waals surface area contributed by atoms with Crippen LogP contribution in [-0.4, -0.2) is 7.11 Å². The minimum absolute atomic E-state index is 0.404. The van der Waals surface area contributed by atoms with Crippen molar-refractivity contribution in [3.63, 3.8) is 0 Å². The van der Waals surface area contributed by atoms with Crippen molar-refractivity contribution in [3.05, 3.63) is 89.3 Å². The number of anilines is 2. The van der Waals surface area contributed by atoms with Gasteiger partial charge in [0.15, 0.2) is 0 Å². The summed E-state index contributed by atoms with van der Waals surface area (Å²) in [4.78, 5) is 12.7. The predicted octanol–water partition coefficient (Wildman–Crippen LogP) is 5.21. The van der Waals surface area contributed by atoms with Crippen molar-refractivity contribution in [2.75, 3.05) is 12.4 Å². The summed E-state index contributed by atoms with van der Waals surface area (Å²) in [6.45, 7) is 0. The fraction of sp³-hybridized carbons (Fsp3) is 0.0455. The van der Waals surface area contributed by atoms with Crippen molar-refractivity contribution in [1.29, 1.82) is 0 Å². The van der Waals surface area contributed by atoms with Gasteiger partial charge in [-0.05, 0) is 35.9 Å². The third kappa shape index (κ3) is 2.93. The van der Waals surface area contributed by atoms with Crippen LogP contribution in [0.4, 0.5) is 11.4 Å². The minimum Gasteiger partial charge on any atom is -0.497 e. The Morgan fingerprint density at radius 1 is 0.846 bits per heavy atom. The van der Waals surface area contributed by atoms with E-state index in [1.165, 1.54) is 0 Å². The molecular formula is C22H17NO3. The second-order valence-corrected chi connectivity index (χ2v) is 5.86. The molecule has 3 aromatic carbocycles. The molecule has 1 heterocycles. The van der Waals surface area contributed by atoms with E-state index in [9.17, 15) is 4.79 Å². The Kier molecular flexibility index (Phi) is 4.15. The number of nitrogens with one attached hydrogen (secondary N) is 1. The van der Waals surface area contributed by atoms with E-state index in [2.05, 4.69) is 5.32 Å². The van der Waals surface area contributed by atoms with Gasteiger partial charge in [0.1, 0.15) is 17.0 Å². The molecule has 0 amide bonds. The number of rotatable bonds is 4. The Balaban J connectivity index is 1.92. The molecule has 0 aliphatic carbocycles. The van der Waals surface area contributed by atoms with Gasteiger partial charge < -0.3 is 14.5 Å². The van der Waals surface area contributed by atoms with Crippen LogP contribution in [0.25, 0.3) is 22.1 Å². The molecule has 26 heavy (non-hydrogen) atoms. The molecule has 1 N–H and O–H groups in total. The molecule has 0 radical (unpaired) electrons. The minimum atomic E-state index is -0.404. The van der Waals surface area contributed by atoms with E-state index in [0.717, 1.165) is 28.0 Å². The molecule has 0 unspecified atom stereocenters. The zero-order chi connectivity index (χ0) is 17.9. The summed E-state index contributed by atoms with van der Waals surface area (Å²) < 4.78 is 10.7. The van der Waals surface area contributed by atoms with Gasteiger partial charge in [-0.1, -0.05) is 48.5 Å². The van der Waals surface area contributed by atoms with Crippen LogP contribution in [0.5, 0.6) is 5.75 Å². The first-order valence-electron chi connectivity index (χ1n) is 8.28. The van der Waals surface area contributed by atoms with E-state index in [-0.39, 0.29) is 0 Å². The second kappa shape index (κ2) is 6.76. The van der Waals surface area contributed by atoms with Crippen molar-refractivity contribution in [2.45, 2.75) is 0 Å². The predicted molar refractivity (Wildman–Crippen MR) is 104 cm³/mol. The molecule has 0 spiro atoms. The lowest BCUT2D eigenvalue weighted by atomic mass is 10.00. The van der Waals surface area contributed by atoms with E-state index in [1.54, 1.807) is 13.2 Å². The molecule has 128 valence electrons. The molecule has 0 bridgehead atoms. The fourth-order valence-electron chi connectivity index (χ4n) is 2.99. The number of hydrogen-bond acceptors (Lipinski definition) is 4. The van der Waals surface area contributed by atoms with Crippen LogP contribution in [-0.2, 0) is 0 Å². The van der Waals surface area contributed by atoms with Gasteiger partial charge >= 0.3 is 5.63 Å². The first kappa shape index (κ1) is 16.0. The normalized spacial score (nSPS) is 10.7. The van der Waals surface area contributed by atoms with Crippen molar-refractivity contribution in [1.82, 2.24) is 0 Å². The molecule has 0 atom stereocenters. The smallest absolute Gasteiger partial charge is 0.360 e. The Morgan fingerprint density at radius 3 is 2.27 bits per heavy atom. The van der Waals surface area contributed by atoms with Gasteiger partial charge in [-0.25, -0.2) is 4.79 Å². The number of fused-ring (bicyclic) bond motifs is 1. The first-order chi connectivity index (χ1) is 12.8. The highest BCUT2D eigenvalue weighted by atomic mass is 16.5. The SMILES string of the molecule is COc1ccc(Nc2c(-c3ccccc3)c3ccccc3oc2=O)cc1. The molecule has 0 saturated carbocycles. The zero-order valence-electron chi connectivity index (χ0n) is 14.2. The van der Waals surface area contributed by atoms with Crippen LogP contribution in [0.15, 0.2) is 88.1 Å². The van der Waals surface area contributed by atoms with Crippen LogP contribution in [0.3, 0.4) is 0 Å². The third-order valence-electron chi connectivity index (χ3n) is 4.23. The van der Waals surface area contributed by atoms with E-state index in [4.69, 9.17) is 9.15 Å². The summed E-state index contributed by atoms with van der Waals surface area (Å²) >= 11 is 0. The highest BCUT2D eigenvalue weighted by molar-refractivity contribution is 6.00. The maximum absolute atomic E-state index is 12.7. The van der Waals surface area contributed by atoms with E-state index in [0.29, 0.717) is 11.3 Å². The maximum atomic E-state index is 12.7. The zero-order valence-corrected chi connectivity index (χ0v) is 14.2. The molecule has 1 aromatic heterocycles. The number of benzene rings is 3. The highest BCUT2D eigenvalue weighted by Crippen LogP contribution is 2.34. The van der Waals surface area contributed by atoms with Crippen LogP contribution in [0.2, 0.25) is 0 Å². The number of hydrogen-bond donors (Lipinski definition) is 1. The van der Waals surface area contributed by atoms with Crippen LogP contribution in [0.1, 0.15) is 0 Å². The van der Waals surface area contributed by atoms with Gasteiger partial charge in [0, 0.05) is 16.6 Å². The largest absolute Gasteiger partial charge is 0.497 e. The highest BCUT2D eigenvalue weighted by Gasteiger charge is 2.16. The monoisotopic (exact) mass is 343 g/mol. The first-order valence-corrected chi connectivity index (χ1v) is 8.28. The maximum Gasteiger partial charge on any atom is 0.360 e. The molecule has 4 rings (SSSR count). The second-order valence-electron chi connectivity index (χ2n) is 5.86. The fourth-order valence-corrected chi connectivity index (χ4v) is 2.99. The van der Waals surface area contributed by atoms with Gasteiger partial charge in [0.05, 0.1) is 7.11 Å². The van der Waals surface area contributed by atoms with Gasteiger partial charge in [-0.15, -0.1) is 0 Å². The van der Waals surface area contributed by atoms with Crippen molar-refractivity contribution in [2.24, 2.45) is 0 Å².